The van der Waals surface area contributed by atoms with E-state index in [4.69, 9.17) is 0 Å². The van der Waals surface area contributed by atoms with Gasteiger partial charge in [0.15, 0.2) is 6.10 Å². The first kappa shape index (κ1) is 25.1. The van der Waals surface area contributed by atoms with Crippen molar-refractivity contribution in [2.45, 2.75) is 56.7 Å². The monoisotopic (exact) mass is 418 g/mol. The molecule has 0 aromatic carbocycles. The van der Waals surface area contributed by atoms with Crippen LogP contribution in [0.3, 0.4) is 0 Å². The minimum Gasteiger partial charge on any atom is -0.461 e. The van der Waals surface area contributed by atoms with Gasteiger partial charge >= 0.3 is 35.9 Å². The molecule has 0 saturated carbocycles. The Labute approximate surface area is 147 Å². The van der Waals surface area contributed by atoms with Crippen molar-refractivity contribution in [1.82, 2.24) is 0 Å². The van der Waals surface area contributed by atoms with Crippen LogP contribution in [0.5, 0.6) is 0 Å². The number of hydrogen-bond acceptors (Lipinski definition) is 4. The summed E-state index contributed by atoms with van der Waals surface area (Å²) >= 11 is 0. The van der Waals surface area contributed by atoms with Gasteiger partial charge < -0.3 is 9.47 Å². The second-order valence-electron chi connectivity index (χ2n) is 5.39. The molecule has 1 atom stereocenters. The third-order valence-corrected chi connectivity index (χ3v) is 3.22. The summed E-state index contributed by atoms with van der Waals surface area (Å²) in [5, 5.41) is 0. The van der Waals surface area contributed by atoms with Crippen LogP contribution in [0.1, 0.15) is 26.7 Å². The van der Waals surface area contributed by atoms with E-state index in [1.54, 1.807) is 0 Å². The van der Waals surface area contributed by atoms with Crippen LogP contribution in [0.15, 0.2) is 12.2 Å². The lowest BCUT2D eigenvalue weighted by molar-refractivity contribution is -0.344. The van der Waals surface area contributed by atoms with Crippen molar-refractivity contribution < 1.29 is 58.6 Å². The first-order valence-corrected chi connectivity index (χ1v) is 7.15. The van der Waals surface area contributed by atoms with Gasteiger partial charge in [0.25, 0.3) is 0 Å². The Bertz CT molecular complexity index is 552. The molecule has 0 spiro atoms. The summed E-state index contributed by atoms with van der Waals surface area (Å²) in [4.78, 5) is 22.6. The van der Waals surface area contributed by atoms with Crippen molar-refractivity contribution in [1.29, 1.82) is 0 Å². The fourth-order valence-corrected chi connectivity index (χ4v) is 1.60. The Kier molecular flexibility index (Phi) is 7.77. The third kappa shape index (κ3) is 5.76. The average molecular weight is 418 g/mol. The van der Waals surface area contributed by atoms with Crippen molar-refractivity contribution in [2.24, 2.45) is 0 Å². The first-order chi connectivity index (χ1) is 11.9. The van der Waals surface area contributed by atoms with E-state index in [2.05, 4.69) is 16.1 Å². The number of carbonyl (C=O) groups is 2. The molecule has 4 nitrogen and oxygen atoms in total. The molecule has 0 amide bonds. The molecule has 158 valence electrons. The average Bonchev–Trinajstić information content (AvgIpc) is 2.49. The number of carbonyl (C=O) groups excluding carboxylic acids is 2. The zero-order valence-corrected chi connectivity index (χ0v) is 13.9. The molecule has 0 bridgehead atoms. The zero-order valence-electron chi connectivity index (χ0n) is 13.9. The molecule has 0 saturated heterocycles. The maximum Gasteiger partial charge on any atom is 0.431 e. The lowest BCUT2D eigenvalue weighted by Gasteiger charge is -2.30. The fraction of sp³-hybridized carbons (Fsp3) is 0.714. The smallest absolute Gasteiger partial charge is 0.431 e. The molecule has 13 heteroatoms. The van der Waals surface area contributed by atoms with E-state index in [-0.39, 0.29) is 5.57 Å². The van der Waals surface area contributed by atoms with E-state index in [0.717, 1.165) is 13.8 Å². The summed E-state index contributed by atoms with van der Waals surface area (Å²) in [6.07, 6.45) is -18.4. The summed E-state index contributed by atoms with van der Waals surface area (Å²) in [5.41, 5.74) is -6.07. The third-order valence-electron chi connectivity index (χ3n) is 3.22. The van der Waals surface area contributed by atoms with E-state index in [1.807, 2.05) is 0 Å². The van der Waals surface area contributed by atoms with Gasteiger partial charge in [0, 0.05) is 12.0 Å². The maximum absolute atomic E-state index is 13.9. The minimum absolute atomic E-state index is 0.310. The van der Waals surface area contributed by atoms with Crippen molar-refractivity contribution >= 4 is 11.9 Å². The largest absolute Gasteiger partial charge is 0.461 e. The number of rotatable bonds is 8. The van der Waals surface area contributed by atoms with Crippen LogP contribution >= 0.6 is 0 Å². The van der Waals surface area contributed by atoms with Crippen LogP contribution in [0, 0.1) is 0 Å². The van der Waals surface area contributed by atoms with Crippen LogP contribution < -0.4 is 0 Å². The molecular weight excluding hydrogens is 403 g/mol. The van der Waals surface area contributed by atoms with E-state index in [1.165, 1.54) is 0 Å². The zero-order chi connectivity index (χ0) is 21.8. The highest BCUT2D eigenvalue weighted by atomic mass is 19.4. The van der Waals surface area contributed by atoms with Crippen LogP contribution in [0.4, 0.5) is 39.5 Å². The van der Waals surface area contributed by atoms with Gasteiger partial charge in [0.2, 0.25) is 0 Å². The molecule has 0 aliphatic carbocycles. The summed E-state index contributed by atoms with van der Waals surface area (Å²) in [5.74, 6) is -8.49. The van der Waals surface area contributed by atoms with Crippen molar-refractivity contribution in [2.75, 3.05) is 6.61 Å². The second kappa shape index (κ2) is 8.38. The number of ether oxygens (including phenoxy) is 2. The van der Waals surface area contributed by atoms with Gasteiger partial charge in [0.05, 0.1) is 6.61 Å². The lowest BCUT2D eigenvalue weighted by Crippen LogP contribution is -2.54. The highest BCUT2D eigenvalue weighted by Gasteiger charge is 2.72. The Hall–Kier alpha value is -1.95. The molecule has 0 radical (unpaired) electrons. The number of esters is 2. The second-order valence-corrected chi connectivity index (χ2v) is 5.39. The predicted molar refractivity (Wildman–Crippen MR) is 71.5 cm³/mol. The first-order valence-electron chi connectivity index (χ1n) is 7.15. The van der Waals surface area contributed by atoms with Crippen LogP contribution in [0.2, 0.25) is 0 Å². The van der Waals surface area contributed by atoms with E-state index in [9.17, 15) is 49.1 Å². The van der Waals surface area contributed by atoms with Crippen molar-refractivity contribution in [3.63, 3.8) is 0 Å². The summed E-state index contributed by atoms with van der Waals surface area (Å²) in [7, 11) is 0. The van der Waals surface area contributed by atoms with E-state index >= 15 is 0 Å². The standard InChI is InChI=1S/C14H15F9O4/c1-4-8(27-9(24)7(2)3)12(16,17)10(25)26-6-5-11(15,13(18,19)20)14(21,22)23/h8H,2,4-6H2,1,3H3. The van der Waals surface area contributed by atoms with Crippen LogP contribution in [0.25, 0.3) is 0 Å². The molecule has 0 aliphatic rings. The molecule has 0 N–H and O–H groups in total. The Morgan fingerprint density at radius 3 is 1.74 bits per heavy atom. The van der Waals surface area contributed by atoms with Gasteiger partial charge in [-0.3, -0.25) is 0 Å². The highest BCUT2D eigenvalue weighted by molar-refractivity contribution is 5.87. The summed E-state index contributed by atoms with van der Waals surface area (Å²) in [6.45, 7) is 3.30. The molecule has 27 heavy (non-hydrogen) atoms. The van der Waals surface area contributed by atoms with E-state index in [0.29, 0.717) is 0 Å². The molecule has 0 aromatic rings. The molecule has 0 aliphatic heterocycles. The van der Waals surface area contributed by atoms with Gasteiger partial charge in [-0.1, -0.05) is 13.5 Å². The Morgan fingerprint density at radius 1 is 0.963 bits per heavy atom. The minimum atomic E-state index is -6.41. The van der Waals surface area contributed by atoms with Crippen LogP contribution in [-0.2, 0) is 19.1 Å². The van der Waals surface area contributed by atoms with Gasteiger partial charge in [-0.2, -0.15) is 35.1 Å². The quantitative estimate of drug-likeness (QED) is 0.335. The SMILES string of the molecule is C=C(C)C(=O)OC(CC)C(F)(F)C(=O)OCCC(F)(C(F)(F)F)C(F)(F)F. The Balaban J connectivity index is 5.16. The van der Waals surface area contributed by atoms with Crippen LogP contribution in [-0.4, -0.2) is 48.6 Å². The van der Waals surface area contributed by atoms with Gasteiger partial charge in [-0.25, -0.2) is 14.0 Å². The Morgan fingerprint density at radius 2 is 1.41 bits per heavy atom. The van der Waals surface area contributed by atoms with Gasteiger partial charge in [-0.05, 0) is 13.3 Å². The fourth-order valence-electron chi connectivity index (χ4n) is 1.60. The molecule has 0 heterocycles. The normalized spacial score (nSPS) is 14.5. The number of halogens is 9. The number of alkyl halides is 9. The summed E-state index contributed by atoms with van der Waals surface area (Å²) < 4.78 is 123. The molecule has 0 rings (SSSR count). The predicted octanol–water partition coefficient (Wildman–Crippen LogP) is 4.29. The molecule has 1 unspecified atom stereocenters. The van der Waals surface area contributed by atoms with Crippen molar-refractivity contribution in [3.05, 3.63) is 12.2 Å². The van der Waals surface area contributed by atoms with Crippen molar-refractivity contribution in [3.8, 4) is 0 Å². The summed E-state index contributed by atoms with van der Waals surface area (Å²) in [6, 6.07) is 0. The van der Waals surface area contributed by atoms with Gasteiger partial charge in [-0.15, -0.1) is 0 Å². The highest BCUT2D eigenvalue weighted by Crippen LogP contribution is 2.48. The molecular formula is C14H15F9O4. The molecule has 0 fully saturated rings. The lowest BCUT2D eigenvalue weighted by atomic mass is 10.0. The topological polar surface area (TPSA) is 52.6 Å². The maximum atomic E-state index is 13.9. The number of hydrogen-bond donors (Lipinski definition) is 0. The molecule has 0 aromatic heterocycles. The van der Waals surface area contributed by atoms with Gasteiger partial charge in [0.1, 0.15) is 0 Å². The van der Waals surface area contributed by atoms with E-state index < -0.39 is 61.4 Å².